The molecule has 84 valence electrons. The van der Waals surface area contributed by atoms with Crippen LogP contribution in [0.15, 0.2) is 35.5 Å². The fraction of sp³-hybridized carbons (Fsp3) is 0.357. The van der Waals surface area contributed by atoms with E-state index in [0.29, 0.717) is 0 Å². The van der Waals surface area contributed by atoms with Crippen molar-refractivity contribution >= 4 is 12.0 Å². The average molecular weight is 215 g/mol. The molecular weight excluding hydrogens is 198 g/mol. The molecule has 0 fully saturated rings. The molecule has 2 heteroatoms. The van der Waals surface area contributed by atoms with Crippen molar-refractivity contribution < 1.29 is 4.79 Å². The van der Waals surface area contributed by atoms with Crippen LogP contribution in [-0.2, 0) is 10.2 Å². The molecule has 0 unspecified atom stereocenters. The van der Waals surface area contributed by atoms with Crippen LogP contribution >= 0.6 is 0 Å². The molecule has 1 aliphatic heterocycles. The highest BCUT2D eigenvalue weighted by molar-refractivity contribution is 5.81. The molecule has 0 aromatic heterocycles. The van der Waals surface area contributed by atoms with E-state index in [2.05, 4.69) is 30.9 Å². The molecule has 0 N–H and O–H groups in total. The monoisotopic (exact) mass is 215 g/mol. The first-order chi connectivity index (χ1) is 7.50. The Hall–Kier alpha value is -1.57. The number of carbonyl (C=O) groups excluding carboxylic acids is 1. The molecule has 1 aromatic rings. The third-order valence-corrected chi connectivity index (χ3v) is 3.42. The van der Waals surface area contributed by atoms with Gasteiger partial charge in [0.25, 0.3) is 0 Å². The van der Waals surface area contributed by atoms with Gasteiger partial charge in [0.1, 0.15) is 6.29 Å². The van der Waals surface area contributed by atoms with E-state index >= 15 is 0 Å². The Balaban J connectivity index is 2.71. The molecule has 0 amide bonds. The number of para-hydroxylation sites is 1. The van der Waals surface area contributed by atoms with Gasteiger partial charge in [-0.15, -0.1) is 0 Å². The van der Waals surface area contributed by atoms with Gasteiger partial charge in [-0.1, -0.05) is 32.0 Å². The standard InChI is InChI=1S/C14H17NO/c1-10(9-16)13-14(2,3)11-7-5-6-8-12(11)15(13)4/h5-9H,1-4H3. The minimum Gasteiger partial charge on any atom is -0.347 e. The highest BCUT2D eigenvalue weighted by Gasteiger charge is 2.39. The van der Waals surface area contributed by atoms with Crippen LogP contribution in [0.3, 0.4) is 0 Å². The average Bonchev–Trinajstić information content (AvgIpc) is 2.47. The number of nitrogens with zero attached hydrogens (tertiary/aromatic N) is 1. The Bertz CT molecular complexity index is 471. The zero-order valence-corrected chi connectivity index (χ0v) is 10.2. The second-order valence-electron chi connectivity index (χ2n) is 4.85. The predicted octanol–water partition coefficient (Wildman–Crippen LogP) is 2.89. The summed E-state index contributed by atoms with van der Waals surface area (Å²) in [4.78, 5) is 13.1. The highest BCUT2D eigenvalue weighted by atomic mass is 16.1. The Morgan fingerprint density at radius 3 is 2.50 bits per heavy atom. The van der Waals surface area contributed by atoms with E-state index in [0.717, 1.165) is 17.6 Å². The van der Waals surface area contributed by atoms with Crippen molar-refractivity contribution in [2.75, 3.05) is 11.9 Å². The third-order valence-electron chi connectivity index (χ3n) is 3.42. The molecule has 0 spiro atoms. The first kappa shape index (κ1) is 10.9. The molecule has 0 saturated carbocycles. The van der Waals surface area contributed by atoms with Gasteiger partial charge in [0.2, 0.25) is 0 Å². The third kappa shape index (κ3) is 1.29. The topological polar surface area (TPSA) is 20.3 Å². The van der Waals surface area contributed by atoms with Crippen LogP contribution < -0.4 is 4.90 Å². The van der Waals surface area contributed by atoms with E-state index in [-0.39, 0.29) is 5.41 Å². The molecule has 0 aliphatic carbocycles. The quantitative estimate of drug-likeness (QED) is 0.530. The molecule has 2 rings (SSSR count). The van der Waals surface area contributed by atoms with Crippen molar-refractivity contribution in [2.45, 2.75) is 26.2 Å². The van der Waals surface area contributed by atoms with Crippen LogP contribution in [0.25, 0.3) is 0 Å². The zero-order chi connectivity index (χ0) is 11.9. The number of carbonyl (C=O) groups is 1. The van der Waals surface area contributed by atoms with Gasteiger partial charge in [-0.2, -0.15) is 0 Å². The number of aldehydes is 1. The molecule has 0 radical (unpaired) electrons. The maximum Gasteiger partial charge on any atom is 0.147 e. The number of anilines is 1. The number of hydrogen-bond acceptors (Lipinski definition) is 2. The number of benzene rings is 1. The van der Waals surface area contributed by atoms with Gasteiger partial charge in [0, 0.05) is 29.4 Å². The first-order valence-corrected chi connectivity index (χ1v) is 5.50. The van der Waals surface area contributed by atoms with Crippen molar-refractivity contribution in [3.8, 4) is 0 Å². The maximum atomic E-state index is 11.0. The molecule has 1 heterocycles. The van der Waals surface area contributed by atoms with Crippen LogP contribution in [0.1, 0.15) is 26.3 Å². The molecule has 16 heavy (non-hydrogen) atoms. The maximum absolute atomic E-state index is 11.0. The molecule has 0 saturated heterocycles. The van der Waals surface area contributed by atoms with E-state index in [4.69, 9.17) is 0 Å². The van der Waals surface area contributed by atoms with Crippen LogP contribution in [0.2, 0.25) is 0 Å². The number of hydrogen-bond donors (Lipinski definition) is 0. The number of fused-ring (bicyclic) bond motifs is 1. The molecular formula is C14H17NO. The van der Waals surface area contributed by atoms with E-state index in [1.165, 1.54) is 11.3 Å². The normalized spacial score (nSPS) is 20.6. The predicted molar refractivity (Wildman–Crippen MR) is 66.6 cm³/mol. The van der Waals surface area contributed by atoms with Crippen molar-refractivity contribution in [1.82, 2.24) is 0 Å². The highest BCUT2D eigenvalue weighted by Crippen LogP contribution is 2.47. The molecule has 1 aromatic carbocycles. The summed E-state index contributed by atoms with van der Waals surface area (Å²) in [5.74, 6) is 0. The largest absolute Gasteiger partial charge is 0.347 e. The van der Waals surface area contributed by atoms with E-state index in [9.17, 15) is 4.79 Å². The van der Waals surface area contributed by atoms with Gasteiger partial charge < -0.3 is 4.90 Å². The van der Waals surface area contributed by atoms with Gasteiger partial charge >= 0.3 is 0 Å². The second-order valence-corrected chi connectivity index (χ2v) is 4.85. The van der Waals surface area contributed by atoms with Crippen LogP contribution in [-0.4, -0.2) is 13.3 Å². The number of likely N-dealkylation sites (N-methyl/N-ethyl adjacent to an activating group) is 1. The minimum absolute atomic E-state index is 0.0870. The van der Waals surface area contributed by atoms with Crippen LogP contribution in [0, 0.1) is 0 Å². The van der Waals surface area contributed by atoms with E-state index < -0.39 is 0 Å². The lowest BCUT2D eigenvalue weighted by atomic mass is 9.82. The summed E-state index contributed by atoms with van der Waals surface area (Å²) < 4.78 is 0. The molecule has 1 aliphatic rings. The summed E-state index contributed by atoms with van der Waals surface area (Å²) >= 11 is 0. The molecule has 0 atom stereocenters. The fourth-order valence-corrected chi connectivity index (χ4v) is 2.78. The smallest absolute Gasteiger partial charge is 0.147 e. The van der Waals surface area contributed by atoms with Gasteiger partial charge in [0.15, 0.2) is 0 Å². The van der Waals surface area contributed by atoms with Gasteiger partial charge in [0.05, 0.1) is 0 Å². The Morgan fingerprint density at radius 1 is 1.31 bits per heavy atom. The minimum atomic E-state index is -0.0870. The van der Waals surface area contributed by atoms with Crippen LogP contribution in [0.4, 0.5) is 5.69 Å². The van der Waals surface area contributed by atoms with E-state index in [1.807, 2.05) is 26.1 Å². The number of allylic oxidation sites excluding steroid dienone is 2. The lowest BCUT2D eigenvalue weighted by Crippen LogP contribution is -2.24. The summed E-state index contributed by atoms with van der Waals surface area (Å²) in [5.41, 5.74) is 4.31. The van der Waals surface area contributed by atoms with Crippen molar-refractivity contribution in [3.05, 3.63) is 41.1 Å². The summed E-state index contributed by atoms with van der Waals surface area (Å²) in [6, 6.07) is 8.32. The molecule has 2 nitrogen and oxygen atoms in total. The van der Waals surface area contributed by atoms with Crippen molar-refractivity contribution in [3.63, 3.8) is 0 Å². The van der Waals surface area contributed by atoms with Gasteiger partial charge in [-0.05, 0) is 18.6 Å². The fourth-order valence-electron chi connectivity index (χ4n) is 2.78. The zero-order valence-electron chi connectivity index (χ0n) is 10.2. The van der Waals surface area contributed by atoms with Gasteiger partial charge in [-0.3, -0.25) is 4.79 Å². The number of rotatable bonds is 1. The lowest BCUT2D eigenvalue weighted by Gasteiger charge is -2.25. The second kappa shape index (κ2) is 3.48. The van der Waals surface area contributed by atoms with Crippen molar-refractivity contribution in [2.24, 2.45) is 0 Å². The van der Waals surface area contributed by atoms with E-state index in [1.54, 1.807) is 0 Å². The summed E-state index contributed by atoms with van der Waals surface area (Å²) in [5, 5.41) is 0. The Kier molecular flexibility index (Phi) is 2.38. The Labute approximate surface area is 96.6 Å². The van der Waals surface area contributed by atoms with Gasteiger partial charge in [-0.25, -0.2) is 0 Å². The lowest BCUT2D eigenvalue weighted by molar-refractivity contribution is -0.104. The first-order valence-electron chi connectivity index (χ1n) is 5.50. The Morgan fingerprint density at radius 2 is 1.94 bits per heavy atom. The van der Waals surface area contributed by atoms with Crippen molar-refractivity contribution in [1.29, 1.82) is 0 Å². The van der Waals surface area contributed by atoms with Crippen LogP contribution in [0.5, 0.6) is 0 Å². The summed E-state index contributed by atoms with van der Waals surface area (Å²) in [6.45, 7) is 6.21. The SMILES string of the molecule is CC(C=O)=C1N(C)c2ccccc2C1(C)C. The summed E-state index contributed by atoms with van der Waals surface area (Å²) in [7, 11) is 2.02. The molecule has 0 bridgehead atoms. The summed E-state index contributed by atoms with van der Waals surface area (Å²) in [6.07, 6.45) is 0.944.